The zero-order valence-electron chi connectivity index (χ0n) is 15.9. The molecule has 0 aliphatic heterocycles. The van der Waals surface area contributed by atoms with Crippen LogP contribution in [0.3, 0.4) is 0 Å². The molecule has 4 heteroatoms. The smallest absolute Gasteiger partial charge is 0.320 e. The van der Waals surface area contributed by atoms with E-state index in [9.17, 15) is 15.0 Å². The van der Waals surface area contributed by atoms with Crippen molar-refractivity contribution in [2.24, 2.45) is 0 Å². The standard InChI is InChI=1S/C24H25NO3/c1-18(24(27)28)25(16-19-12-14-22(26)15-13-19)17-23(20-8-4-2-5-9-20)21-10-6-3-7-11-21/h2-15,18,23,26H,16-17H2,1H3,(H,27,28). The third-order valence-electron chi connectivity index (χ3n) is 5.05. The highest BCUT2D eigenvalue weighted by atomic mass is 16.4. The third kappa shape index (κ3) is 4.99. The lowest BCUT2D eigenvalue weighted by Gasteiger charge is -2.31. The van der Waals surface area contributed by atoms with Gasteiger partial charge in [-0.1, -0.05) is 72.8 Å². The summed E-state index contributed by atoms with van der Waals surface area (Å²) in [5.41, 5.74) is 3.27. The Morgan fingerprint density at radius 1 is 0.857 bits per heavy atom. The van der Waals surface area contributed by atoms with Gasteiger partial charge >= 0.3 is 5.97 Å². The molecule has 28 heavy (non-hydrogen) atoms. The summed E-state index contributed by atoms with van der Waals surface area (Å²) in [6, 6.07) is 26.6. The summed E-state index contributed by atoms with van der Waals surface area (Å²) in [6.45, 7) is 2.78. The van der Waals surface area contributed by atoms with Crippen molar-refractivity contribution in [3.05, 3.63) is 102 Å². The normalized spacial score (nSPS) is 12.2. The molecular formula is C24H25NO3. The summed E-state index contributed by atoms with van der Waals surface area (Å²) in [4.78, 5) is 13.7. The summed E-state index contributed by atoms with van der Waals surface area (Å²) >= 11 is 0. The average Bonchev–Trinajstić information content (AvgIpc) is 2.73. The Bertz CT molecular complexity index is 839. The summed E-state index contributed by atoms with van der Waals surface area (Å²) in [7, 11) is 0. The molecule has 0 aliphatic rings. The Morgan fingerprint density at radius 2 is 1.36 bits per heavy atom. The maximum Gasteiger partial charge on any atom is 0.320 e. The molecule has 0 aromatic heterocycles. The SMILES string of the molecule is CC(C(=O)O)N(Cc1ccc(O)cc1)CC(c1ccccc1)c1ccccc1. The molecule has 0 saturated carbocycles. The van der Waals surface area contributed by atoms with E-state index in [0.29, 0.717) is 13.1 Å². The number of rotatable bonds is 8. The zero-order chi connectivity index (χ0) is 19.9. The van der Waals surface area contributed by atoms with E-state index in [1.54, 1.807) is 19.1 Å². The Hall–Kier alpha value is -3.11. The van der Waals surface area contributed by atoms with Gasteiger partial charge in [0.1, 0.15) is 11.8 Å². The van der Waals surface area contributed by atoms with Gasteiger partial charge in [0.15, 0.2) is 0 Å². The molecule has 0 spiro atoms. The molecule has 1 atom stereocenters. The lowest BCUT2D eigenvalue weighted by atomic mass is 9.90. The van der Waals surface area contributed by atoms with E-state index in [2.05, 4.69) is 24.3 Å². The zero-order valence-corrected chi connectivity index (χ0v) is 15.9. The minimum absolute atomic E-state index is 0.0568. The van der Waals surface area contributed by atoms with Crippen molar-refractivity contribution in [2.45, 2.75) is 25.4 Å². The van der Waals surface area contributed by atoms with Gasteiger partial charge in [-0.2, -0.15) is 0 Å². The summed E-state index contributed by atoms with van der Waals surface area (Å²) < 4.78 is 0. The van der Waals surface area contributed by atoms with Crippen molar-refractivity contribution in [1.29, 1.82) is 0 Å². The Balaban J connectivity index is 1.92. The lowest BCUT2D eigenvalue weighted by Crippen LogP contribution is -2.41. The monoisotopic (exact) mass is 375 g/mol. The van der Waals surface area contributed by atoms with Gasteiger partial charge in [0.2, 0.25) is 0 Å². The molecule has 0 saturated heterocycles. The maximum absolute atomic E-state index is 11.8. The molecule has 3 rings (SSSR count). The number of aromatic hydroxyl groups is 1. The number of hydrogen-bond donors (Lipinski definition) is 2. The number of carboxylic acids is 1. The second kappa shape index (κ2) is 9.20. The van der Waals surface area contributed by atoms with Crippen LogP contribution in [0.5, 0.6) is 5.75 Å². The van der Waals surface area contributed by atoms with Gasteiger partial charge < -0.3 is 10.2 Å². The van der Waals surface area contributed by atoms with Crippen molar-refractivity contribution >= 4 is 5.97 Å². The number of aliphatic carboxylic acids is 1. The van der Waals surface area contributed by atoms with E-state index in [-0.39, 0.29) is 11.7 Å². The first-order valence-corrected chi connectivity index (χ1v) is 9.39. The molecule has 3 aromatic rings. The minimum atomic E-state index is -0.848. The van der Waals surface area contributed by atoms with Crippen LogP contribution in [-0.4, -0.2) is 33.7 Å². The molecule has 0 bridgehead atoms. The molecule has 4 nitrogen and oxygen atoms in total. The van der Waals surface area contributed by atoms with Crippen LogP contribution < -0.4 is 0 Å². The molecule has 0 heterocycles. The second-order valence-electron chi connectivity index (χ2n) is 6.98. The molecule has 3 aromatic carbocycles. The van der Waals surface area contributed by atoms with Crippen molar-refractivity contribution in [3.63, 3.8) is 0 Å². The molecule has 0 radical (unpaired) electrons. The first-order valence-electron chi connectivity index (χ1n) is 9.39. The van der Waals surface area contributed by atoms with Gasteiger partial charge in [0.05, 0.1) is 0 Å². The van der Waals surface area contributed by atoms with Crippen LogP contribution in [0.1, 0.15) is 29.5 Å². The van der Waals surface area contributed by atoms with Crippen LogP contribution in [0.25, 0.3) is 0 Å². The highest BCUT2D eigenvalue weighted by Gasteiger charge is 2.25. The highest BCUT2D eigenvalue weighted by Crippen LogP contribution is 2.27. The van der Waals surface area contributed by atoms with E-state index in [0.717, 1.165) is 16.7 Å². The van der Waals surface area contributed by atoms with Crippen molar-refractivity contribution < 1.29 is 15.0 Å². The lowest BCUT2D eigenvalue weighted by molar-refractivity contribution is -0.142. The fourth-order valence-electron chi connectivity index (χ4n) is 3.36. The maximum atomic E-state index is 11.8. The largest absolute Gasteiger partial charge is 0.508 e. The number of nitrogens with zero attached hydrogens (tertiary/aromatic N) is 1. The van der Waals surface area contributed by atoms with Crippen LogP contribution in [0.4, 0.5) is 0 Å². The third-order valence-corrected chi connectivity index (χ3v) is 5.05. The molecule has 0 fully saturated rings. The second-order valence-corrected chi connectivity index (χ2v) is 6.98. The summed E-state index contributed by atoms with van der Waals surface area (Å²) in [5, 5.41) is 19.2. The van der Waals surface area contributed by atoms with E-state index in [1.165, 1.54) is 0 Å². The van der Waals surface area contributed by atoms with Crippen molar-refractivity contribution in [2.75, 3.05) is 6.54 Å². The van der Waals surface area contributed by atoms with Gasteiger partial charge in [-0.25, -0.2) is 0 Å². The van der Waals surface area contributed by atoms with Crippen molar-refractivity contribution in [3.8, 4) is 5.75 Å². The number of phenolic OH excluding ortho intramolecular Hbond substituents is 1. The van der Waals surface area contributed by atoms with E-state index < -0.39 is 12.0 Å². The van der Waals surface area contributed by atoms with Crippen LogP contribution in [-0.2, 0) is 11.3 Å². The molecule has 1 unspecified atom stereocenters. The van der Waals surface area contributed by atoms with E-state index in [1.807, 2.05) is 53.4 Å². The van der Waals surface area contributed by atoms with Gasteiger partial charge in [-0.15, -0.1) is 0 Å². The summed E-state index contributed by atoms with van der Waals surface area (Å²) in [6.07, 6.45) is 0. The Kier molecular flexibility index (Phi) is 6.45. The fraction of sp³-hybridized carbons (Fsp3) is 0.208. The average molecular weight is 375 g/mol. The minimum Gasteiger partial charge on any atom is -0.508 e. The Labute approximate surface area is 165 Å². The number of phenols is 1. The van der Waals surface area contributed by atoms with E-state index >= 15 is 0 Å². The first kappa shape index (κ1) is 19.6. The van der Waals surface area contributed by atoms with Gasteiger partial charge in [0, 0.05) is 19.0 Å². The molecular weight excluding hydrogens is 350 g/mol. The van der Waals surface area contributed by atoms with Crippen LogP contribution in [0.2, 0.25) is 0 Å². The number of carbonyl (C=O) groups is 1. The van der Waals surface area contributed by atoms with Crippen LogP contribution in [0.15, 0.2) is 84.9 Å². The summed E-state index contributed by atoms with van der Waals surface area (Å²) in [5.74, 6) is -0.590. The number of benzene rings is 3. The van der Waals surface area contributed by atoms with Gasteiger partial charge in [-0.05, 0) is 35.7 Å². The van der Waals surface area contributed by atoms with Gasteiger partial charge in [-0.3, -0.25) is 9.69 Å². The Morgan fingerprint density at radius 3 is 1.82 bits per heavy atom. The molecule has 0 aliphatic carbocycles. The predicted molar refractivity (Wildman–Crippen MR) is 110 cm³/mol. The quantitative estimate of drug-likeness (QED) is 0.609. The number of hydrogen-bond acceptors (Lipinski definition) is 3. The van der Waals surface area contributed by atoms with Crippen molar-refractivity contribution in [1.82, 2.24) is 4.90 Å². The topological polar surface area (TPSA) is 60.8 Å². The predicted octanol–water partition coefficient (Wildman–Crippen LogP) is 4.50. The van der Waals surface area contributed by atoms with E-state index in [4.69, 9.17) is 0 Å². The molecule has 0 amide bonds. The highest BCUT2D eigenvalue weighted by molar-refractivity contribution is 5.72. The molecule has 144 valence electrons. The van der Waals surface area contributed by atoms with Gasteiger partial charge in [0.25, 0.3) is 0 Å². The van der Waals surface area contributed by atoms with Crippen LogP contribution >= 0.6 is 0 Å². The fourth-order valence-corrected chi connectivity index (χ4v) is 3.36. The number of carboxylic acid groups (broad SMARTS) is 1. The first-order chi connectivity index (χ1) is 13.5. The van der Waals surface area contributed by atoms with Crippen LogP contribution in [0, 0.1) is 0 Å². The molecule has 2 N–H and O–H groups in total.